The molecule has 29 heavy (non-hydrogen) atoms. The Hall–Kier alpha value is -2.16. The third kappa shape index (κ3) is 7.30. The molecule has 0 saturated carbocycles. The van der Waals surface area contributed by atoms with E-state index in [4.69, 9.17) is 9.47 Å². The van der Waals surface area contributed by atoms with E-state index in [2.05, 4.69) is 10.3 Å². The van der Waals surface area contributed by atoms with Gasteiger partial charge in [0.2, 0.25) is 0 Å². The Labute approximate surface area is 170 Å². The van der Waals surface area contributed by atoms with Crippen LogP contribution in [0.3, 0.4) is 0 Å². The molecule has 0 amide bonds. The Balaban J connectivity index is 1.91. The lowest BCUT2D eigenvalue weighted by Gasteiger charge is -2.26. The van der Waals surface area contributed by atoms with Gasteiger partial charge < -0.3 is 19.7 Å². The lowest BCUT2D eigenvalue weighted by Crippen LogP contribution is -2.46. The number of likely N-dealkylation sites (N-methyl/N-ethyl adjacent to an activating group) is 1. The van der Waals surface area contributed by atoms with Crippen molar-refractivity contribution < 1.29 is 22.6 Å². The van der Waals surface area contributed by atoms with Gasteiger partial charge in [-0.3, -0.25) is 9.89 Å². The maximum absolute atomic E-state index is 12.6. The number of rotatable bonds is 8. The summed E-state index contributed by atoms with van der Waals surface area (Å²) in [5.74, 6) is 2.08. The first-order valence-corrected chi connectivity index (χ1v) is 9.77. The van der Waals surface area contributed by atoms with E-state index in [0.29, 0.717) is 50.1 Å². The van der Waals surface area contributed by atoms with Gasteiger partial charge in [-0.15, -0.1) is 0 Å². The van der Waals surface area contributed by atoms with E-state index in [0.717, 1.165) is 12.0 Å². The maximum Gasteiger partial charge on any atom is 0.401 e. The molecule has 1 aromatic rings. The monoisotopic (exact) mass is 416 g/mol. The largest absolute Gasteiger partial charge is 0.493 e. The molecule has 0 aliphatic carbocycles. The number of benzene rings is 1. The van der Waals surface area contributed by atoms with Crippen molar-refractivity contribution >= 4 is 5.96 Å². The molecule has 2 rings (SSSR count). The van der Waals surface area contributed by atoms with Crippen LogP contribution in [-0.4, -0.2) is 82.0 Å². The Morgan fingerprint density at radius 1 is 1.28 bits per heavy atom. The van der Waals surface area contributed by atoms with Crippen LogP contribution in [-0.2, 0) is 6.42 Å². The van der Waals surface area contributed by atoms with Crippen LogP contribution in [0.1, 0.15) is 18.9 Å². The smallest absolute Gasteiger partial charge is 0.401 e. The number of aliphatic imine (C=N–C) groups is 1. The van der Waals surface area contributed by atoms with E-state index in [-0.39, 0.29) is 6.04 Å². The van der Waals surface area contributed by atoms with Crippen LogP contribution in [0.25, 0.3) is 0 Å². The molecule has 1 N–H and O–H groups in total. The highest BCUT2D eigenvalue weighted by Gasteiger charge is 2.34. The molecule has 6 nitrogen and oxygen atoms in total. The van der Waals surface area contributed by atoms with E-state index in [9.17, 15) is 13.2 Å². The zero-order valence-corrected chi connectivity index (χ0v) is 17.6. The highest BCUT2D eigenvalue weighted by molar-refractivity contribution is 5.80. The van der Waals surface area contributed by atoms with Crippen molar-refractivity contribution in [2.45, 2.75) is 32.0 Å². The summed E-state index contributed by atoms with van der Waals surface area (Å²) >= 11 is 0. The molecule has 1 saturated heterocycles. The van der Waals surface area contributed by atoms with Gasteiger partial charge in [0.25, 0.3) is 0 Å². The molecule has 0 radical (unpaired) electrons. The van der Waals surface area contributed by atoms with Crippen LogP contribution in [0.2, 0.25) is 0 Å². The van der Waals surface area contributed by atoms with Gasteiger partial charge in [0.1, 0.15) is 0 Å². The quantitative estimate of drug-likeness (QED) is 0.522. The number of likely N-dealkylation sites (tertiary alicyclic amines) is 1. The number of hydrogen-bond donors (Lipinski definition) is 1. The van der Waals surface area contributed by atoms with Crippen LogP contribution in [0.4, 0.5) is 13.2 Å². The molecular formula is C20H31F3N4O2. The second kappa shape index (κ2) is 10.6. The van der Waals surface area contributed by atoms with Gasteiger partial charge >= 0.3 is 6.18 Å². The SMILES string of the molecule is CCN=C(NC1CCN(CC(F)(F)F)C1)N(C)CCc1ccc(OC)c(OC)c1. The summed E-state index contributed by atoms with van der Waals surface area (Å²) in [5, 5.41) is 3.33. The first-order valence-electron chi connectivity index (χ1n) is 9.77. The van der Waals surface area contributed by atoms with Crippen LogP contribution in [0.5, 0.6) is 11.5 Å². The third-order valence-corrected chi connectivity index (χ3v) is 4.86. The zero-order valence-electron chi connectivity index (χ0n) is 17.6. The number of ether oxygens (including phenoxy) is 2. The average Bonchev–Trinajstić information content (AvgIpc) is 3.10. The summed E-state index contributed by atoms with van der Waals surface area (Å²) in [6.07, 6.45) is -2.72. The first kappa shape index (κ1) is 23.1. The summed E-state index contributed by atoms with van der Waals surface area (Å²) in [6, 6.07) is 5.78. The van der Waals surface area contributed by atoms with Crippen LogP contribution >= 0.6 is 0 Å². The topological polar surface area (TPSA) is 49.3 Å². The summed E-state index contributed by atoms with van der Waals surface area (Å²) in [7, 11) is 5.14. The van der Waals surface area contributed by atoms with E-state index in [1.165, 1.54) is 4.90 Å². The Morgan fingerprint density at radius 3 is 2.62 bits per heavy atom. The Morgan fingerprint density at radius 2 is 2.00 bits per heavy atom. The normalized spacial score (nSPS) is 18.0. The molecule has 1 aliphatic heterocycles. The lowest BCUT2D eigenvalue weighted by molar-refractivity contribution is -0.143. The zero-order chi connectivity index (χ0) is 21.4. The fraction of sp³-hybridized carbons (Fsp3) is 0.650. The minimum absolute atomic E-state index is 0.0359. The molecular weight excluding hydrogens is 385 g/mol. The fourth-order valence-corrected chi connectivity index (χ4v) is 3.40. The van der Waals surface area contributed by atoms with Gasteiger partial charge in [-0.05, 0) is 37.5 Å². The molecule has 1 aromatic carbocycles. The maximum atomic E-state index is 12.6. The summed E-state index contributed by atoms with van der Waals surface area (Å²) in [5.41, 5.74) is 1.10. The van der Waals surface area contributed by atoms with E-state index >= 15 is 0 Å². The van der Waals surface area contributed by atoms with Crippen molar-refractivity contribution in [3.63, 3.8) is 0 Å². The minimum atomic E-state index is -4.16. The van der Waals surface area contributed by atoms with Crippen molar-refractivity contribution in [1.82, 2.24) is 15.1 Å². The molecule has 1 heterocycles. The van der Waals surface area contributed by atoms with Crippen molar-refractivity contribution in [3.8, 4) is 11.5 Å². The number of hydrogen-bond acceptors (Lipinski definition) is 4. The molecule has 9 heteroatoms. The molecule has 1 unspecified atom stereocenters. The van der Waals surface area contributed by atoms with Gasteiger partial charge in [-0.25, -0.2) is 0 Å². The van der Waals surface area contributed by atoms with Crippen molar-refractivity contribution in [1.29, 1.82) is 0 Å². The van der Waals surface area contributed by atoms with Gasteiger partial charge in [-0.1, -0.05) is 6.07 Å². The van der Waals surface area contributed by atoms with Crippen LogP contribution in [0.15, 0.2) is 23.2 Å². The van der Waals surface area contributed by atoms with Crippen molar-refractivity contribution in [3.05, 3.63) is 23.8 Å². The molecule has 1 fully saturated rings. The number of alkyl halides is 3. The summed E-state index contributed by atoms with van der Waals surface area (Å²) in [6.45, 7) is 3.19. The average molecular weight is 416 g/mol. The number of nitrogens with one attached hydrogen (secondary N) is 1. The standard InChI is InChI=1S/C20H31F3N4O2/c1-5-24-19(25-16-9-11-27(13-16)14-20(21,22)23)26(2)10-8-15-6-7-17(28-3)18(12-15)29-4/h6-7,12,16H,5,8-11,13-14H2,1-4H3,(H,24,25). The highest BCUT2D eigenvalue weighted by Crippen LogP contribution is 2.27. The predicted molar refractivity (Wildman–Crippen MR) is 108 cm³/mol. The number of halogens is 3. The Kier molecular flexibility index (Phi) is 8.43. The van der Waals surface area contributed by atoms with E-state index in [1.54, 1.807) is 14.2 Å². The van der Waals surface area contributed by atoms with Gasteiger partial charge in [0.15, 0.2) is 17.5 Å². The second-order valence-corrected chi connectivity index (χ2v) is 7.14. The molecule has 0 spiro atoms. The summed E-state index contributed by atoms with van der Waals surface area (Å²) < 4.78 is 48.4. The number of guanidine groups is 1. The predicted octanol–water partition coefficient (Wildman–Crippen LogP) is 2.78. The number of nitrogens with zero attached hydrogens (tertiary/aromatic N) is 3. The molecule has 0 bridgehead atoms. The van der Waals surface area contributed by atoms with Crippen LogP contribution < -0.4 is 14.8 Å². The summed E-state index contributed by atoms with van der Waals surface area (Å²) in [4.78, 5) is 7.95. The molecule has 164 valence electrons. The minimum Gasteiger partial charge on any atom is -0.493 e. The number of methoxy groups -OCH3 is 2. The van der Waals surface area contributed by atoms with Gasteiger partial charge in [-0.2, -0.15) is 13.2 Å². The third-order valence-electron chi connectivity index (χ3n) is 4.86. The van der Waals surface area contributed by atoms with Crippen molar-refractivity contribution in [2.75, 3.05) is 54.0 Å². The molecule has 0 aromatic heterocycles. The second-order valence-electron chi connectivity index (χ2n) is 7.14. The van der Waals surface area contributed by atoms with Crippen molar-refractivity contribution in [2.24, 2.45) is 4.99 Å². The Bertz CT molecular complexity index is 682. The lowest BCUT2D eigenvalue weighted by atomic mass is 10.1. The van der Waals surface area contributed by atoms with Gasteiger partial charge in [0.05, 0.1) is 20.8 Å². The van der Waals surface area contributed by atoms with Gasteiger partial charge in [0, 0.05) is 39.3 Å². The van der Waals surface area contributed by atoms with Crippen LogP contribution in [0, 0.1) is 0 Å². The van der Waals surface area contributed by atoms with E-state index in [1.807, 2.05) is 37.1 Å². The fourth-order valence-electron chi connectivity index (χ4n) is 3.40. The molecule has 1 atom stereocenters. The molecule has 1 aliphatic rings. The van der Waals surface area contributed by atoms with E-state index < -0.39 is 12.7 Å². The highest BCUT2D eigenvalue weighted by atomic mass is 19.4. The first-order chi connectivity index (χ1) is 13.8.